The summed E-state index contributed by atoms with van der Waals surface area (Å²) in [5.41, 5.74) is 8.38. The third-order valence-corrected chi connectivity index (χ3v) is 3.82. The fourth-order valence-electron chi connectivity index (χ4n) is 2.17. The lowest BCUT2D eigenvalue weighted by Crippen LogP contribution is -2.10. The number of aromatic nitrogens is 3. The standard InChI is InChI=1S/C14H12Cl2N4/c15-11-2-1-9(7-12(11)16)14-10-8-18-5-3-13(10)20(19-14)6-4-17/h1-3,5,7-8H,4,6,17H2. The minimum absolute atomic E-state index is 0.509. The summed E-state index contributed by atoms with van der Waals surface area (Å²) in [7, 11) is 0. The van der Waals surface area contributed by atoms with Crippen molar-refractivity contribution in [3.8, 4) is 11.3 Å². The van der Waals surface area contributed by atoms with E-state index in [4.69, 9.17) is 28.9 Å². The van der Waals surface area contributed by atoms with Crippen molar-refractivity contribution < 1.29 is 0 Å². The van der Waals surface area contributed by atoms with E-state index in [2.05, 4.69) is 10.1 Å². The molecule has 0 radical (unpaired) electrons. The molecule has 0 fully saturated rings. The summed E-state index contributed by atoms with van der Waals surface area (Å²) in [6.45, 7) is 1.18. The predicted octanol–water partition coefficient (Wildman–Crippen LogP) is 3.36. The Hall–Kier alpha value is -1.62. The van der Waals surface area contributed by atoms with Gasteiger partial charge in [0.1, 0.15) is 5.69 Å². The van der Waals surface area contributed by atoms with Gasteiger partial charge in [0.25, 0.3) is 0 Å². The van der Waals surface area contributed by atoms with Crippen molar-refractivity contribution in [2.45, 2.75) is 6.54 Å². The molecule has 1 aromatic carbocycles. The first-order chi connectivity index (χ1) is 9.70. The van der Waals surface area contributed by atoms with Crippen LogP contribution in [-0.4, -0.2) is 21.3 Å². The van der Waals surface area contributed by atoms with Crippen molar-refractivity contribution in [1.82, 2.24) is 14.8 Å². The zero-order valence-corrected chi connectivity index (χ0v) is 12.1. The fraction of sp³-hybridized carbons (Fsp3) is 0.143. The second kappa shape index (κ2) is 5.40. The number of hydrogen-bond acceptors (Lipinski definition) is 3. The quantitative estimate of drug-likeness (QED) is 0.807. The van der Waals surface area contributed by atoms with Gasteiger partial charge in [0.2, 0.25) is 0 Å². The van der Waals surface area contributed by atoms with Crippen molar-refractivity contribution >= 4 is 34.1 Å². The van der Waals surface area contributed by atoms with Crippen molar-refractivity contribution in [2.75, 3.05) is 6.54 Å². The molecule has 0 bridgehead atoms. The Morgan fingerprint density at radius 2 is 2.00 bits per heavy atom. The van der Waals surface area contributed by atoms with Gasteiger partial charge in [0.15, 0.2) is 0 Å². The van der Waals surface area contributed by atoms with Crippen LogP contribution in [-0.2, 0) is 6.54 Å². The topological polar surface area (TPSA) is 56.7 Å². The van der Waals surface area contributed by atoms with Crippen LogP contribution < -0.4 is 5.73 Å². The third kappa shape index (κ3) is 2.26. The molecule has 2 N–H and O–H groups in total. The third-order valence-electron chi connectivity index (χ3n) is 3.09. The van der Waals surface area contributed by atoms with Crippen LogP contribution >= 0.6 is 23.2 Å². The molecule has 20 heavy (non-hydrogen) atoms. The van der Waals surface area contributed by atoms with E-state index in [1.807, 2.05) is 22.9 Å². The Morgan fingerprint density at radius 3 is 2.75 bits per heavy atom. The summed E-state index contributed by atoms with van der Waals surface area (Å²) in [4.78, 5) is 4.17. The summed E-state index contributed by atoms with van der Waals surface area (Å²) < 4.78 is 1.88. The first kappa shape index (κ1) is 13.4. The highest BCUT2D eigenvalue weighted by molar-refractivity contribution is 6.42. The van der Waals surface area contributed by atoms with E-state index < -0.39 is 0 Å². The van der Waals surface area contributed by atoms with Gasteiger partial charge in [0, 0.05) is 29.9 Å². The van der Waals surface area contributed by atoms with Crippen LogP contribution in [0.25, 0.3) is 22.2 Å². The van der Waals surface area contributed by atoms with E-state index in [1.54, 1.807) is 18.5 Å². The van der Waals surface area contributed by atoms with Gasteiger partial charge in [-0.05, 0) is 18.2 Å². The normalized spacial score (nSPS) is 11.2. The zero-order valence-electron chi connectivity index (χ0n) is 10.6. The number of rotatable bonds is 3. The molecular weight excluding hydrogens is 295 g/mol. The molecule has 2 aromatic heterocycles. The highest BCUT2D eigenvalue weighted by Gasteiger charge is 2.13. The minimum atomic E-state index is 0.509. The fourth-order valence-corrected chi connectivity index (χ4v) is 2.47. The SMILES string of the molecule is NCCn1nc(-c2ccc(Cl)c(Cl)c2)c2cnccc21. The van der Waals surface area contributed by atoms with Gasteiger partial charge in [-0.1, -0.05) is 29.3 Å². The Morgan fingerprint density at radius 1 is 1.15 bits per heavy atom. The van der Waals surface area contributed by atoms with E-state index >= 15 is 0 Å². The molecule has 0 atom stereocenters. The maximum atomic E-state index is 6.08. The van der Waals surface area contributed by atoms with Gasteiger partial charge in [-0.2, -0.15) is 5.10 Å². The smallest absolute Gasteiger partial charge is 0.102 e. The van der Waals surface area contributed by atoms with Gasteiger partial charge < -0.3 is 5.73 Å². The number of benzene rings is 1. The molecule has 0 aliphatic heterocycles. The second-order valence-corrected chi connectivity index (χ2v) is 5.20. The van der Waals surface area contributed by atoms with Gasteiger partial charge in [-0.3, -0.25) is 9.67 Å². The highest BCUT2D eigenvalue weighted by Crippen LogP contribution is 2.31. The van der Waals surface area contributed by atoms with Crippen LogP contribution in [0.5, 0.6) is 0 Å². The molecule has 3 rings (SSSR count). The number of hydrogen-bond donors (Lipinski definition) is 1. The molecule has 6 heteroatoms. The Bertz CT molecular complexity index is 767. The van der Waals surface area contributed by atoms with Crippen molar-refractivity contribution in [3.05, 3.63) is 46.7 Å². The highest BCUT2D eigenvalue weighted by atomic mass is 35.5. The van der Waals surface area contributed by atoms with E-state index in [0.29, 0.717) is 23.1 Å². The lowest BCUT2D eigenvalue weighted by molar-refractivity contribution is 0.648. The Kier molecular flexibility index (Phi) is 3.61. The molecule has 3 aromatic rings. The van der Waals surface area contributed by atoms with Crippen LogP contribution in [0, 0.1) is 0 Å². The van der Waals surface area contributed by atoms with Gasteiger partial charge >= 0.3 is 0 Å². The van der Waals surface area contributed by atoms with E-state index in [0.717, 1.165) is 22.2 Å². The number of nitrogens with zero attached hydrogens (tertiary/aromatic N) is 3. The Balaban J connectivity index is 2.22. The van der Waals surface area contributed by atoms with Crippen LogP contribution in [0.3, 0.4) is 0 Å². The van der Waals surface area contributed by atoms with Crippen molar-refractivity contribution in [2.24, 2.45) is 5.73 Å². The molecule has 0 aliphatic rings. The van der Waals surface area contributed by atoms with Crippen LogP contribution in [0.1, 0.15) is 0 Å². The molecule has 0 amide bonds. The predicted molar refractivity (Wildman–Crippen MR) is 82.0 cm³/mol. The number of fused-ring (bicyclic) bond motifs is 1. The van der Waals surface area contributed by atoms with Crippen molar-refractivity contribution in [1.29, 1.82) is 0 Å². The van der Waals surface area contributed by atoms with E-state index in [9.17, 15) is 0 Å². The maximum absolute atomic E-state index is 6.08. The van der Waals surface area contributed by atoms with Crippen molar-refractivity contribution in [3.63, 3.8) is 0 Å². The number of pyridine rings is 1. The molecule has 4 nitrogen and oxygen atoms in total. The molecule has 0 saturated carbocycles. The molecule has 0 saturated heterocycles. The van der Waals surface area contributed by atoms with Gasteiger partial charge in [-0.15, -0.1) is 0 Å². The molecule has 102 valence electrons. The van der Waals surface area contributed by atoms with E-state index in [1.165, 1.54) is 0 Å². The lowest BCUT2D eigenvalue weighted by atomic mass is 10.1. The maximum Gasteiger partial charge on any atom is 0.102 e. The molecule has 0 unspecified atom stereocenters. The first-order valence-electron chi connectivity index (χ1n) is 6.16. The lowest BCUT2D eigenvalue weighted by Gasteiger charge is -2.00. The minimum Gasteiger partial charge on any atom is -0.329 e. The number of halogens is 2. The molecule has 0 spiro atoms. The summed E-state index contributed by atoms with van der Waals surface area (Å²) in [5, 5.41) is 6.62. The van der Waals surface area contributed by atoms with E-state index in [-0.39, 0.29) is 0 Å². The van der Waals surface area contributed by atoms with Crippen LogP contribution in [0.4, 0.5) is 0 Å². The largest absolute Gasteiger partial charge is 0.329 e. The second-order valence-electron chi connectivity index (χ2n) is 4.38. The summed E-state index contributed by atoms with van der Waals surface area (Å²) in [6.07, 6.45) is 3.54. The van der Waals surface area contributed by atoms with Crippen LogP contribution in [0.2, 0.25) is 10.0 Å². The zero-order chi connectivity index (χ0) is 14.1. The number of nitrogens with two attached hydrogens (primary N) is 1. The summed E-state index contributed by atoms with van der Waals surface area (Å²) >= 11 is 12.0. The average molecular weight is 307 g/mol. The first-order valence-corrected chi connectivity index (χ1v) is 6.92. The summed E-state index contributed by atoms with van der Waals surface area (Å²) in [5.74, 6) is 0. The molecular formula is C14H12Cl2N4. The molecule has 2 heterocycles. The summed E-state index contributed by atoms with van der Waals surface area (Å²) in [6, 6.07) is 7.41. The van der Waals surface area contributed by atoms with Gasteiger partial charge in [0.05, 0.1) is 22.1 Å². The van der Waals surface area contributed by atoms with Gasteiger partial charge in [-0.25, -0.2) is 0 Å². The Labute approximate surface area is 126 Å². The van der Waals surface area contributed by atoms with Crippen LogP contribution in [0.15, 0.2) is 36.7 Å². The molecule has 0 aliphatic carbocycles. The average Bonchev–Trinajstić information content (AvgIpc) is 2.82. The monoisotopic (exact) mass is 306 g/mol.